The molecule has 1 aliphatic rings. The fraction of sp³-hybridized carbons (Fsp3) is 0.600. The zero-order valence-corrected chi connectivity index (χ0v) is 9.16. The van der Waals surface area contributed by atoms with E-state index < -0.39 is 0 Å². The third-order valence-electron chi connectivity index (χ3n) is 2.72. The van der Waals surface area contributed by atoms with Crippen LogP contribution in [-0.2, 0) is 20.0 Å². The van der Waals surface area contributed by atoms with Gasteiger partial charge in [0.05, 0.1) is 24.3 Å². The predicted molar refractivity (Wildman–Crippen MR) is 56.4 cm³/mol. The van der Waals surface area contributed by atoms with Gasteiger partial charge in [-0.25, -0.2) is 9.78 Å². The minimum absolute atomic E-state index is 0.0179. The van der Waals surface area contributed by atoms with Crippen LogP contribution in [0.2, 0.25) is 0 Å². The van der Waals surface area contributed by atoms with Gasteiger partial charge in [0, 0.05) is 26.6 Å². The van der Waals surface area contributed by atoms with E-state index in [4.69, 9.17) is 0 Å². The summed E-state index contributed by atoms with van der Waals surface area (Å²) in [7, 11) is 1.97. The highest BCUT2D eigenvalue weighted by atomic mass is 16.2. The van der Waals surface area contributed by atoms with Gasteiger partial charge in [-0.1, -0.05) is 0 Å². The summed E-state index contributed by atoms with van der Waals surface area (Å²) in [6.45, 7) is 4.03. The van der Waals surface area contributed by atoms with Crippen LogP contribution < -0.4 is 5.32 Å². The van der Waals surface area contributed by atoms with Crippen LogP contribution in [0, 0.1) is 0 Å². The molecule has 0 aromatic carbocycles. The minimum atomic E-state index is 0.0179. The maximum absolute atomic E-state index is 11.6. The molecule has 1 aliphatic heterocycles. The summed E-state index contributed by atoms with van der Waals surface area (Å²) < 4.78 is 1.99. The van der Waals surface area contributed by atoms with Crippen molar-refractivity contribution in [3.63, 3.8) is 0 Å². The molecule has 2 heterocycles. The maximum Gasteiger partial charge on any atom is 0.317 e. The molecular formula is C10H16N4O. The minimum Gasteiger partial charge on any atom is -0.338 e. The van der Waals surface area contributed by atoms with Crippen molar-refractivity contribution in [3.8, 4) is 0 Å². The van der Waals surface area contributed by atoms with Gasteiger partial charge in [-0.05, 0) is 6.92 Å². The number of hydrogen-bond donors (Lipinski definition) is 1. The fourth-order valence-electron chi connectivity index (χ4n) is 1.85. The summed E-state index contributed by atoms with van der Waals surface area (Å²) in [5, 5.41) is 2.82. The Balaban J connectivity index is 2.11. The number of amides is 2. The van der Waals surface area contributed by atoms with Crippen LogP contribution in [0.4, 0.5) is 4.79 Å². The van der Waals surface area contributed by atoms with Crippen molar-refractivity contribution in [2.24, 2.45) is 7.05 Å². The Hall–Kier alpha value is -1.52. The standard InChI is InChI=1S/C10H16N4O/c1-3-11-10(15)14-5-4-8-9(6-14)13(2)7-12-8/h7H,3-6H2,1-2H3,(H,11,15). The van der Waals surface area contributed by atoms with Crippen molar-refractivity contribution in [1.82, 2.24) is 19.8 Å². The van der Waals surface area contributed by atoms with Crippen molar-refractivity contribution in [3.05, 3.63) is 17.7 Å². The van der Waals surface area contributed by atoms with Gasteiger partial charge in [0.1, 0.15) is 0 Å². The average Bonchev–Trinajstić information content (AvgIpc) is 2.60. The molecule has 0 atom stereocenters. The Bertz CT molecular complexity index is 371. The molecule has 2 amide bonds. The molecule has 15 heavy (non-hydrogen) atoms. The smallest absolute Gasteiger partial charge is 0.317 e. The third kappa shape index (κ3) is 1.82. The van der Waals surface area contributed by atoms with E-state index in [2.05, 4.69) is 10.3 Å². The molecule has 0 aliphatic carbocycles. The van der Waals surface area contributed by atoms with Crippen LogP contribution in [0.25, 0.3) is 0 Å². The molecule has 0 fully saturated rings. The molecule has 1 N–H and O–H groups in total. The highest BCUT2D eigenvalue weighted by Crippen LogP contribution is 2.16. The summed E-state index contributed by atoms with van der Waals surface area (Å²) in [6.07, 6.45) is 2.67. The number of nitrogens with zero attached hydrogens (tertiary/aromatic N) is 3. The second-order valence-corrected chi connectivity index (χ2v) is 3.76. The topological polar surface area (TPSA) is 50.2 Å². The molecule has 0 bridgehead atoms. The molecule has 0 spiro atoms. The number of carbonyl (C=O) groups is 1. The number of urea groups is 1. The number of rotatable bonds is 1. The Morgan fingerprint density at radius 2 is 2.47 bits per heavy atom. The summed E-state index contributed by atoms with van der Waals surface area (Å²) in [6, 6.07) is 0.0179. The molecule has 2 rings (SSSR count). The first-order chi connectivity index (χ1) is 7.22. The summed E-state index contributed by atoms with van der Waals surface area (Å²) in [5.74, 6) is 0. The number of nitrogens with one attached hydrogen (secondary N) is 1. The second-order valence-electron chi connectivity index (χ2n) is 3.76. The average molecular weight is 208 g/mol. The highest BCUT2D eigenvalue weighted by molar-refractivity contribution is 5.74. The Labute approximate surface area is 89.1 Å². The molecule has 0 saturated heterocycles. The van der Waals surface area contributed by atoms with Crippen LogP contribution in [0.3, 0.4) is 0 Å². The Morgan fingerprint density at radius 1 is 1.67 bits per heavy atom. The quantitative estimate of drug-likeness (QED) is 0.731. The van der Waals surface area contributed by atoms with E-state index in [1.165, 1.54) is 0 Å². The van der Waals surface area contributed by atoms with E-state index in [1.807, 2.05) is 29.8 Å². The lowest BCUT2D eigenvalue weighted by atomic mass is 10.1. The van der Waals surface area contributed by atoms with Crippen molar-refractivity contribution in [1.29, 1.82) is 0 Å². The van der Waals surface area contributed by atoms with E-state index in [-0.39, 0.29) is 6.03 Å². The maximum atomic E-state index is 11.6. The molecule has 82 valence electrons. The van der Waals surface area contributed by atoms with E-state index in [0.29, 0.717) is 13.1 Å². The highest BCUT2D eigenvalue weighted by Gasteiger charge is 2.22. The van der Waals surface area contributed by atoms with E-state index in [1.54, 1.807) is 0 Å². The number of aryl methyl sites for hydroxylation is 1. The first kappa shape index (κ1) is 10.0. The molecule has 0 saturated carbocycles. The lowest BCUT2D eigenvalue weighted by molar-refractivity contribution is 0.191. The third-order valence-corrected chi connectivity index (χ3v) is 2.72. The summed E-state index contributed by atoms with van der Waals surface area (Å²) in [4.78, 5) is 17.8. The monoisotopic (exact) mass is 208 g/mol. The van der Waals surface area contributed by atoms with Gasteiger partial charge < -0.3 is 14.8 Å². The first-order valence-corrected chi connectivity index (χ1v) is 5.24. The number of carbonyl (C=O) groups excluding carboxylic acids is 1. The lowest BCUT2D eigenvalue weighted by Crippen LogP contribution is -2.43. The second kappa shape index (κ2) is 3.92. The summed E-state index contributed by atoms with van der Waals surface area (Å²) >= 11 is 0. The van der Waals surface area contributed by atoms with Crippen LogP contribution in [0.15, 0.2) is 6.33 Å². The van der Waals surface area contributed by atoms with E-state index in [9.17, 15) is 4.79 Å². The number of imidazole rings is 1. The van der Waals surface area contributed by atoms with Crippen molar-refractivity contribution < 1.29 is 4.79 Å². The fourth-order valence-corrected chi connectivity index (χ4v) is 1.85. The van der Waals surface area contributed by atoms with Crippen molar-refractivity contribution in [2.45, 2.75) is 19.9 Å². The van der Waals surface area contributed by atoms with Crippen LogP contribution in [0.1, 0.15) is 18.3 Å². The number of hydrogen-bond acceptors (Lipinski definition) is 2. The van der Waals surface area contributed by atoms with Crippen LogP contribution in [-0.4, -0.2) is 33.6 Å². The zero-order valence-electron chi connectivity index (χ0n) is 9.16. The van der Waals surface area contributed by atoms with Crippen molar-refractivity contribution >= 4 is 6.03 Å². The normalized spacial score (nSPS) is 14.9. The molecule has 0 unspecified atom stereocenters. The molecule has 5 heteroatoms. The van der Waals surface area contributed by atoms with Gasteiger partial charge in [-0.3, -0.25) is 0 Å². The largest absolute Gasteiger partial charge is 0.338 e. The summed E-state index contributed by atoms with van der Waals surface area (Å²) in [5.41, 5.74) is 2.27. The predicted octanol–water partition coefficient (Wildman–Crippen LogP) is 0.508. The number of fused-ring (bicyclic) bond motifs is 1. The Kier molecular flexibility index (Phi) is 2.62. The first-order valence-electron chi connectivity index (χ1n) is 5.24. The van der Waals surface area contributed by atoms with Gasteiger partial charge in [-0.15, -0.1) is 0 Å². The lowest BCUT2D eigenvalue weighted by Gasteiger charge is -2.27. The Morgan fingerprint density at radius 3 is 3.20 bits per heavy atom. The van der Waals surface area contributed by atoms with Gasteiger partial charge in [0.15, 0.2) is 0 Å². The molecule has 1 aromatic rings. The molecule has 5 nitrogen and oxygen atoms in total. The van der Waals surface area contributed by atoms with Crippen LogP contribution in [0.5, 0.6) is 0 Å². The van der Waals surface area contributed by atoms with E-state index in [0.717, 1.165) is 24.4 Å². The van der Waals surface area contributed by atoms with Crippen molar-refractivity contribution in [2.75, 3.05) is 13.1 Å². The van der Waals surface area contributed by atoms with Gasteiger partial charge in [0.25, 0.3) is 0 Å². The molecule has 0 radical (unpaired) electrons. The SMILES string of the molecule is CCNC(=O)N1CCc2ncn(C)c2C1. The zero-order chi connectivity index (χ0) is 10.8. The van der Waals surface area contributed by atoms with E-state index >= 15 is 0 Å². The molecule has 1 aromatic heterocycles. The van der Waals surface area contributed by atoms with Gasteiger partial charge >= 0.3 is 6.03 Å². The van der Waals surface area contributed by atoms with Crippen LogP contribution >= 0.6 is 0 Å². The van der Waals surface area contributed by atoms with Gasteiger partial charge in [0.2, 0.25) is 0 Å². The molecular weight excluding hydrogens is 192 g/mol. The van der Waals surface area contributed by atoms with Gasteiger partial charge in [-0.2, -0.15) is 0 Å². The number of aromatic nitrogens is 2.